The van der Waals surface area contributed by atoms with Gasteiger partial charge in [0.1, 0.15) is 17.1 Å². The van der Waals surface area contributed by atoms with Crippen LogP contribution < -0.4 is 5.73 Å². The Balaban J connectivity index is 2.19. The predicted octanol–water partition coefficient (Wildman–Crippen LogP) is 2.55. The number of fused-ring (bicyclic) bond motifs is 1. The number of anilines is 1. The fourth-order valence-corrected chi connectivity index (χ4v) is 2.22. The Kier molecular flexibility index (Phi) is 2.70. The number of benzene rings is 1. The highest BCUT2D eigenvalue weighted by Crippen LogP contribution is 2.24. The molecule has 0 spiro atoms. The smallest absolute Gasteiger partial charge is 0.201 e. The van der Waals surface area contributed by atoms with Gasteiger partial charge in [0.25, 0.3) is 0 Å². The van der Waals surface area contributed by atoms with Gasteiger partial charge in [-0.25, -0.2) is 13.8 Å². The van der Waals surface area contributed by atoms with Gasteiger partial charge < -0.3 is 14.8 Å². The maximum atomic E-state index is 13.7. The number of halogens is 2. The summed E-state index contributed by atoms with van der Waals surface area (Å²) in [6.45, 7) is 3.86. The first-order valence-corrected chi connectivity index (χ1v) is 6.00. The molecule has 0 saturated heterocycles. The summed E-state index contributed by atoms with van der Waals surface area (Å²) in [4.78, 5) is 3.94. The van der Waals surface area contributed by atoms with Crippen LogP contribution >= 0.6 is 0 Å². The topological polar surface area (TPSA) is 69.9 Å². The molecular formula is C13H12F2N4O. The highest BCUT2D eigenvalue weighted by Gasteiger charge is 2.17. The van der Waals surface area contributed by atoms with Crippen LogP contribution in [0.15, 0.2) is 16.7 Å². The van der Waals surface area contributed by atoms with Gasteiger partial charge in [0, 0.05) is 17.7 Å². The fraction of sp³-hybridized carbons (Fsp3) is 0.231. The lowest BCUT2D eigenvalue weighted by atomic mass is 10.2. The Morgan fingerprint density at radius 2 is 2.05 bits per heavy atom. The summed E-state index contributed by atoms with van der Waals surface area (Å²) >= 11 is 0. The maximum Gasteiger partial charge on any atom is 0.201 e. The van der Waals surface area contributed by atoms with E-state index in [1.165, 1.54) is 10.6 Å². The van der Waals surface area contributed by atoms with Crippen molar-refractivity contribution in [1.29, 1.82) is 0 Å². The molecule has 104 valence electrons. The molecule has 3 aromatic rings. The minimum absolute atomic E-state index is 0.0515. The second-order valence-electron chi connectivity index (χ2n) is 4.61. The van der Waals surface area contributed by atoms with Crippen molar-refractivity contribution in [3.63, 3.8) is 0 Å². The van der Waals surface area contributed by atoms with Gasteiger partial charge >= 0.3 is 0 Å². The minimum atomic E-state index is -0.732. The highest BCUT2D eigenvalue weighted by atomic mass is 19.1. The molecule has 2 N–H and O–H groups in total. The Bertz CT molecular complexity index is 787. The van der Waals surface area contributed by atoms with Crippen molar-refractivity contribution < 1.29 is 13.3 Å². The zero-order chi connectivity index (χ0) is 14.4. The van der Waals surface area contributed by atoms with Gasteiger partial charge in [-0.2, -0.15) is 0 Å². The number of hydrogen-bond donors (Lipinski definition) is 1. The average Bonchev–Trinajstić information content (AvgIpc) is 2.85. The molecule has 7 heteroatoms. The third-order valence-electron chi connectivity index (χ3n) is 3.30. The van der Waals surface area contributed by atoms with Gasteiger partial charge in [0.05, 0.1) is 17.8 Å². The Hall–Kier alpha value is -2.44. The molecule has 3 rings (SSSR count). The average molecular weight is 278 g/mol. The van der Waals surface area contributed by atoms with Crippen molar-refractivity contribution in [3.05, 3.63) is 40.8 Å². The molecule has 0 unspecified atom stereocenters. The molecule has 0 atom stereocenters. The lowest BCUT2D eigenvalue weighted by Crippen LogP contribution is -2.06. The SMILES string of the molecule is Cc1noc(C)c1Cn1c(N)nc2c(F)cc(F)cc21. The molecule has 0 aliphatic rings. The molecule has 5 nitrogen and oxygen atoms in total. The van der Waals surface area contributed by atoms with Crippen LogP contribution in [0.4, 0.5) is 14.7 Å². The van der Waals surface area contributed by atoms with E-state index in [2.05, 4.69) is 10.1 Å². The quantitative estimate of drug-likeness (QED) is 0.782. The van der Waals surface area contributed by atoms with E-state index in [1.54, 1.807) is 13.8 Å². The van der Waals surface area contributed by atoms with Crippen LogP contribution in [-0.4, -0.2) is 14.7 Å². The van der Waals surface area contributed by atoms with Crippen LogP contribution in [-0.2, 0) is 6.54 Å². The number of imidazole rings is 1. The van der Waals surface area contributed by atoms with Gasteiger partial charge in [0.2, 0.25) is 5.95 Å². The van der Waals surface area contributed by atoms with E-state index in [0.29, 0.717) is 23.5 Å². The van der Waals surface area contributed by atoms with Crippen LogP contribution in [0.2, 0.25) is 0 Å². The highest BCUT2D eigenvalue weighted by molar-refractivity contribution is 5.79. The molecule has 0 bridgehead atoms. The van der Waals surface area contributed by atoms with Crippen LogP contribution in [0.1, 0.15) is 17.0 Å². The molecule has 2 aromatic heterocycles. The number of aromatic nitrogens is 3. The first-order chi connectivity index (χ1) is 9.47. The van der Waals surface area contributed by atoms with E-state index in [4.69, 9.17) is 10.3 Å². The van der Waals surface area contributed by atoms with Gasteiger partial charge in [-0.3, -0.25) is 0 Å². The molecule has 1 aromatic carbocycles. The van der Waals surface area contributed by atoms with E-state index >= 15 is 0 Å². The second-order valence-corrected chi connectivity index (χ2v) is 4.61. The number of rotatable bonds is 2. The largest absolute Gasteiger partial charge is 0.369 e. The van der Waals surface area contributed by atoms with Crippen LogP contribution in [0, 0.1) is 25.5 Å². The first kappa shape index (κ1) is 12.6. The Morgan fingerprint density at radius 1 is 1.30 bits per heavy atom. The molecule has 0 radical (unpaired) electrons. The first-order valence-electron chi connectivity index (χ1n) is 6.00. The van der Waals surface area contributed by atoms with Crippen molar-refractivity contribution >= 4 is 17.0 Å². The van der Waals surface area contributed by atoms with Crippen LogP contribution in [0.3, 0.4) is 0 Å². The molecule has 0 aliphatic carbocycles. The molecule has 0 amide bonds. The molecular weight excluding hydrogens is 266 g/mol. The van der Waals surface area contributed by atoms with Gasteiger partial charge in [0.15, 0.2) is 5.82 Å². The summed E-state index contributed by atoms with van der Waals surface area (Å²) in [5.41, 5.74) is 7.69. The standard InChI is InChI=1S/C13H12F2N4O/c1-6-9(7(2)20-18-6)5-19-11-4-8(14)3-10(15)12(11)17-13(19)16/h3-4H,5H2,1-2H3,(H2,16,17). The van der Waals surface area contributed by atoms with Gasteiger partial charge in [-0.05, 0) is 13.8 Å². The molecule has 0 fully saturated rings. The fourth-order valence-electron chi connectivity index (χ4n) is 2.22. The third-order valence-corrected chi connectivity index (χ3v) is 3.30. The summed E-state index contributed by atoms with van der Waals surface area (Å²) in [5.74, 6) is -0.649. The predicted molar refractivity (Wildman–Crippen MR) is 69.1 cm³/mol. The summed E-state index contributed by atoms with van der Waals surface area (Å²) in [6, 6.07) is 2.00. The summed E-state index contributed by atoms with van der Waals surface area (Å²) < 4.78 is 33.7. The van der Waals surface area contributed by atoms with Crippen LogP contribution in [0.5, 0.6) is 0 Å². The maximum absolute atomic E-state index is 13.7. The Labute approximate surface area is 113 Å². The summed E-state index contributed by atoms with van der Waals surface area (Å²) in [5, 5.41) is 3.84. The van der Waals surface area contributed by atoms with Gasteiger partial charge in [-0.1, -0.05) is 5.16 Å². The minimum Gasteiger partial charge on any atom is -0.369 e. The number of nitrogen functional groups attached to an aromatic ring is 1. The molecule has 20 heavy (non-hydrogen) atoms. The van der Waals surface area contributed by atoms with E-state index in [-0.39, 0.29) is 11.5 Å². The molecule has 2 heterocycles. The van der Waals surface area contributed by atoms with E-state index in [1.807, 2.05) is 0 Å². The zero-order valence-electron chi connectivity index (χ0n) is 10.9. The van der Waals surface area contributed by atoms with Crippen molar-refractivity contribution in [2.24, 2.45) is 0 Å². The third kappa shape index (κ3) is 1.82. The number of hydrogen-bond acceptors (Lipinski definition) is 4. The van der Waals surface area contributed by atoms with Crippen molar-refractivity contribution in [2.45, 2.75) is 20.4 Å². The van der Waals surface area contributed by atoms with Crippen molar-refractivity contribution in [2.75, 3.05) is 5.73 Å². The molecule has 0 aliphatic heterocycles. The number of nitrogens with two attached hydrogens (primary N) is 1. The lowest BCUT2D eigenvalue weighted by Gasteiger charge is -2.06. The summed E-state index contributed by atoms with van der Waals surface area (Å²) in [7, 11) is 0. The van der Waals surface area contributed by atoms with E-state index in [0.717, 1.165) is 11.6 Å². The van der Waals surface area contributed by atoms with Crippen molar-refractivity contribution in [3.8, 4) is 0 Å². The number of aryl methyl sites for hydroxylation is 2. The van der Waals surface area contributed by atoms with E-state index < -0.39 is 11.6 Å². The van der Waals surface area contributed by atoms with Gasteiger partial charge in [-0.15, -0.1) is 0 Å². The lowest BCUT2D eigenvalue weighted by molar-refractivity contribution is 0.392. The Morgan fingerprint density at radius 3 is 2.70 bits per heavy atom. The number of nitrogens with zero attached hydrogens (tertiary/aromatic N) is 3. The zero-order valence-corrected chi connectivity index (χ0v) is 10.9. The second kappa shape index (κ2) is 4.29. The monoisotopic (exact) mass is 278 g/mol. The summed E-state index contributed by atoms with van der Waals surface area (Å²) in [6.07, 6.45) is 0. The molecule has 0 saturated carbocycles. The normalized spacial score (nSPS) is 11.4. The van der Waals surface area contributed by atoms with E-state index in [9.17, 15) is 8.78 Å². The van der Waals surface area contributed by atoms with Crippen LogP contribution in [0.25, 0.3) is 11.0 Å². The van der Waals surface area contributed by atoms with Crippen molar-refractivity contribution in [1.82, 2.24) is 14.7 Å².